The quantitative estimate of drug-likeness (QED) is 0.478. The summed E-state index contributed by atoms with van der Waals surface area (Å²) in [6.07, 6.45) is 9.05. The Morgan fingerprint density at radius 2 is 1.31 bits per heavy atom. The molecule has 0 unspecified atom stereocenters. The van der Waals surface area contributed by atoms with Crippen LogP contribution >= 0.6 is 0 Å². The molecule has 0 spiro atoms. The van der Waals surface area contributed by atoms with Crippen molar-refractivity contribution in [1.82, 2.24) is 4.98 Å². The zero-order valence-electron chi connectivity index (χ0n) is 14.4. The van der Waals surface area contributed by atoms with E-state index in [9.17, 15) is 9.59 Å². The minimum absolute atomic E-state index is 0.240. The third-order valence-corrected chi connectivity index (χ3v) is 3.82. The number of rotatable bonds is 6. The van der Waals surface area contributed by atoms with Crippen molar-refractivity contribution in [3.8, 4) is 0 Å². The SMILES string of the molecule is Cc1nc(C)c(C(=O)C=Cc2ccco2)cc1C(=O)C=Cc1ccco1. The van der Waals surface area contributed by atoms with Crippen LogP contribution in [-0.4, -0.2) is 16.6 Å². The number of allylic oxidation sites excluding steroid dienone is 2. The van der Waals surface area contributed by atoms with E-state index in [0.29, 0.717) is 34.0 Å². The zero-order chi connectivity index (χ0) is 18.5. The van der Waals surface area contributed by atoms with E-state index in [1.807, 2.05) is 0 Å². The zero-order valence-corrected chi connectivity index (χ0v) is 14.4. The summed E-state index contributed by atoms with van der Waals surface area (Å²) in [4.78, 5) is 29.3. The molecule has 0 fully saturated rings. The molecule has 0 aliphatic heterocycles. The van der Waals surface area contributed by atoms with Crippen LogP contribution in [0.1, 0.15) is 43.6 Å². The van der Waals surface area contributed by atoms with Crippen LogP contribution in [-0.2, 0) is 0 Å². The summed E-state index contributed by atoms with van der Waals surface area (Å²) in [6, 6.07) is 8.56. The maximum absolute atomic E-state index is 12.5. The fourth-order valence-electron chi connectivity index (χ4n) is 2.49. The van der Waals surface area contributed by atoms with Crippen molar-refractivity contribution in [2.45, 2.75) is 13.8 Å². The van der Waals surface area contributed by atoms with Gasteiger partial charge in [0.05, 0.1) is 12.5 Å². The highest BCUT2D eigenvalue weighted by molar-refractivity contribution is 6.11. The second-order valence-electron chi connectivity index (χ2n) is 5.68. The van der Waals surface area contributed by atoms with Gasteiger partial charge in [0.1, 0.15) is 11.5 Å². The molecule has 3 aromatic rings. The Kier molecular flexibility index (Phi) is 5.08. The van der Waals surface area contributed by atoms with Crippen LogP contribution in [0.15, 0.2) is 63.8 Å². The number of nitrogens with zero attached hydrogens (tertiary/aromatic N) is 1. The van der Waals surface area contributed by atoms with Gasteiger partial charge in [0.2, 0.25) is 0 Å². The average molecular weight is 347 g/mol. The van der Waals surface area contributed by atoms with Crippen molar-refractivity contribution in [3.05, 3.63) is 89.0 Å². The number of carbonyl (C=O) groups is 2. The van der Waals surface area contributed by atoms with Crippen molar-refractivity contribution < 1.29 is 18.4 Å². The predicted octanol–water partition coefficient (Wildman–Crippen LogP) is 4.68. The molecule has 3 heterocycles. The summed E-state index contributed by atoms with van der Waals surface area (Å²) >= 11 is 0. The summed E-state index contributed by atoms with van der Waals surface area (Å²) in [6.45, 7) is 3.49. The maximum Gasteiger partial charge on any atom is 0.187 e. The summed E-state index contributed by atoms with van der Waals surface area (Å²) in [5, 5.41) is 0. The van der Waals surface area contributed by atoms with Crippen LogP contribution in [0.5, 0.6) is 0 Å². The van der Waals surface area contributed by atoms with Crippen molar-refractivity contribution in [1.29, 1.82) is 0 Å². The van der Waals surface area contributed by atoms with Gasteiger partial charge in [-0.2, -0.15) is 0 Å². The fourth-order valence-corrected chi connectivity index (χ4v) is 2.49. The normalized spacial score (nSPS) is 11.5. The van der Waals surface area contributed by atoms with E-state index >= 15 is 0 Å². The smallest absolute Gasteiger partial charge is 0.187 e. The Labute approximate surface area is 150 Å². The molecule has 26 heavy (non-hydrogen) atoms. The molecule has 0 saturated carbocycles. The number of aromatic nitrogens is 1. The second-order valence-corrected chi connectivity index (χ2v) is 5.68. The van der Waals surface area contributed by atoms with E-state index in [2.05, 4.69) is 4.98 Å². The lowest BCUT2D eigenvalue weighted by molar-refractivity contribution is 0.104. The summed E-state index contributed by atoms with van der Waals surface area (Å²) in [5.41, 5.74) is 1.91. The molecule has 3 aromatic heterocycles. The summed E-state index contributed by atoms with van der Waals surface area (Å²) in [7, 11) is 0. The number of ketones is 2. The third kappa shape index (κ3) is 3.95. The summed E-state index contributed by atoms with van der Waals surface area (Å²) in [5.74, 6) is 0.674. The molecule has 0 aliphatic carbocycles. The molecule has 0 saturated heterocycles. The van der Waals surface area contributed by atoms with E-state index in [0.717, 1.165) is 0 Å². The average Bonchev–Trinajstić information content (AvgIpc) is 3.31. The van der Waals surface area contributed by atoms with Gasteiger partial charge in [-0.3, -0.25) is 14.6 Å². The van der Waals surface area contributed by atoms with Gasteiger partial charge in [0.15, 0.2) is 11.6 Å². The number of hydrogen-bond acceptors (Lipinski definition) is 5. The topological polar surface area (TPSA) is 73.3 Å². The number of hydrogen-bond donors (Lipinski definition) is 0. The highest BCUT2D eigenvalue weighted by Gasteiger charge is 2.15. The lowest BCUT2D eigenvalue weighted by Gasteiger charge is -2.07. The van der Waals surface area contributed by atoms with E-state index in [4.69, 9.17) is 8.83 Å². The number of pyridine rings is 1. The number of aryl methyl sites for hydroxylation is 2. The van der Waals surface area contributed by atoms with Gasteiger partial charge in [-0.1, -0.05) is 0 Å². The van der Waals surface area contributed by atoms with Gasteiger partial charge in [0, 0.05) is 22.5 Å². The first-order chi connectivity index (χ1) is 12.5. The molecule has 0 aromatic carbocycles. The Bertz CT molecular complexity index is 900. The fraction of sp³-hybridized carbons (Fsp3) is 0.0952. The minimum atomic E-state index is -0.240. The van der Waals surface area contributed by atoms with Crippen molar-refractivity contribution >= 4 is 23.7 Å². The lowest BCUT2D eigenvalue weighted by atomic mass is 10.0. The molecular weight excluding hydrogens is 330 g/mol. The molecule has 0 aliphatic rings. The molecule has 0 amide bonds. The van der Waals surface area contributed by atoms with E-state index in [1.54, 1.807) is 56.3 Å². The Hall–Kier alpha value is -3.47. The van der Waals surface area contributed by atoms with E-state index < -0.39 is 0 Å². The molecule has 130 valence electrons. The van der Waals surface area contributed by atoms with Crippen LogP contribution in [0.25, 0.3) is 12.2 Å². The number of furan rings is 2. The molecule has 3 rings (SSSR count). The molecule has 0 N–H and O–H groups in total. The molecular formula is C21H17NO4. The Morgan fingerprint density at radius 3 is 1.69 bits per heavy atom. The van der Waals surface area contributed by atoms with Crippen molar-refractivity contribution in [3.63, 3.8) is 0 Å². The van der Waals surface area contributed by atoms with Crippen molar-refractivity contribution in [2.75, 3.05) is 0 Å². The number of carbonyl (C=O) groups excluding carboxylic acids is 2. The Morgan fingerprint density at radius 1 is 0.846 bits per heavy atom. The predicted molar refractivity (Wildman–Crippen MR) is 97.9 cm³/mol. The van der Waals surface area contributed by atoms with Crippen LogP contribution in [0, 0.1) is 13.8 Å². The second kappa shape index (κ2) is 7.61. The van der Waals surface area contributed by atoms with E-state index in [-0.39, 0.29) is 11.6 Å². The monoisotopic (exact) mass is 347 g/mol. The molecule has 5 nitrogen and oxygen atoms in total. The molecule has 0 atom stereocenters. The minimum Gasteiger partial charge on any atom is -0.465 e. The van der Waals surface area contributed by atoms with Crippen LogP contribution in [0.4, 0.5) is 0 Å². The maximum atomic E-state index is 12.5. The first-order valence-electron chi connectivity index (χ1n) is 8.04. The third-order valence-electron chi connectivity index (χ3n) is 3.82. The van der Waals surface area contributed by atoms with Gasteiger partial charge >= 0.3 is 0 Å². The first-order valence-corrected chi connectivity index (χ1v) is 8.04. The van der Waals surface area contributed by atoms with Gasteiger partial charge in [-0.15, -0.1) is 0 Å². The van der Waals surface area contributed by atoms with Crippen LogP contribution in [0.3, 0.4) is 0 Å². The molecule has 0 bridgehead atoms. The first kappa shape index (κ1) is 17.4. The van der Waals surface area contributed by atoms with Gasteiger partial charge in [0.25, 0.3) is 0 Å². The van der Waals surface area contributed by atoms with E-state index in [1.165, 1.54) is 24.7 Å². The molecule has 5 heteroatoms. The van der Waals surface area contributed by atoms with Gasteiger partial charge < -0.3 is 8.83 Å². The van der Waals surface area contributed by atoms with Crippen LogP contribution < -0.4 is 0 Å². The lowest BCUT2D eigenvalue weighted by Crippen LogP contribution is -2.08. The Balaban J connectivity index is 1.86. The largest absolute Gasteiger partial charge is 0.465 e. The molecule has 0 radical (unpaired) electrons. The van der Waals surface area contributed by atoms with Crippen LogP contribution in [0.2, 0.25) is 0 Å². The standard InChI is InChI=1S/C21H17NO4/c1-14-18(20(23)9-7-16-5-3-11-25-16)13-19(15(2)22-14)21(24)10-8-17-6-4-12-26-17/h3-13H,1-2H3. The van der Waals surface area contributed by atoms with Crippen molar-refractivity contribution in [2.24, 2.45) is 0 Å². The van der Waals surface area contributed by atoms with Gasteiger partial charge in [-0.05, 0) is 68.5 Å². The highest BCUT2D eigenvalue weighted by atomic mass is 16.3. The van der Waals surface area contributed by atoms with Gasteiger partial charge in [-0.25, -0.2) is 0 Å². The summed E-state index contributed by atoms with van der Waals surface area (Å²) < 4.78 is 10.3. The highest BCUT2D eigenvalue weighted by Crippen LogP contribution is 2.16.